The van der Waals surface area contributed by atoms with Gasteiger partial charge in [-0.15, -0.1) is 0 Å². The summed E-state index contributed by atoms with van der Waals surface area (Å²) >= 11 is 18.2. The van der Waals surface area contributed by atoms with E-state index in [9.17, 15) is 22.8 Å². The van der Waals surface area contributed by atoms with E-state index in [1.807, 2.05) is 0 Å². The number of halogens is 6. The fraction of sp³-hybridized carbons (Fsp3) is 0.0500. The normalized spacial score (nSPS) is 11.1. The van der Waals surface area contributed by atoms with Crippen LogP contribution in [0.25, 0.3) is 0 Å². The highest BCUT2D eigenvalue weighted by molar-refractivity contribution is 6.38. The van der Waals surface area contributed by atoms with E-state index in [0.717, 1.165) is 12.1 Å². The van der Waals surface area contributed by atoms with Gasteiger partial charge in [-0.3, -0.25) is 10.1 Å². The maximum Gasteiger partial charge on any atom is 0.417 e. The second-order valence-corrected chi connectivity index (χ2v) is 7.36. The Kier molecular flexibility index (Phi) is 7.12. The number of amides is 3. The van der Waals surface area contributed by atoms with E-state index in [-0.39, 0.29) is 37.9 Å². The van der Waals surface area contributed by atoms with Crippen molar-refractivity contribution in [1.29, 1.82) is 0 Å². The number of imide groups is 1. The monoisotopic (exact) mass is 503 g/mol. The van der Waals surface area contributed by atoms with Crippen LogP contribution in [-0.4, -0.2) is 16.9 Å². The van der Waals surface area contributed by atoms with E-state index in [2.05, 4.69) is 15.6 Å². The average Bonchev–Trinajstić information content (AvgIpc) is 2.70. The quantitative estimate of drug-likeness (QED) is 0.409. The predicted octanol–water partition coefficient (Wildman–Crippen LogP) is 6.81. The minimum atomic E-state index is -4.54. The molecule has 0 spiro atoms. The number of benzene rings is 2. The van der Waals surface area contributed by atoms with Gasteiger partial charge in [-0.25, -0.2) is 9.78 Å². The van der Waals surface area contributed by atoms with E-state index in [1.165, 1.54) is 24.3 Å². The highest BCUT2D eigenvalue weighted by Gasteiger charge is 2.30. The van der Waals surface area contributed by atoms with Crippen molar-refractivity contribution in [2.75, 3.05) is 5.32 Å². The van der Waals surface area contributed by atoms with Gasteiger partial charge < -0.3 is 10.1 Å². The van der Waals surface area contributed by atoms with Crippen LogP contribution in [0.1, 0.15) is 15.9 Å². The topological polar surface area (TPSA) is 80.3 Å². The summed E-state index contributed by atoms with van der Waals surface area (Å²) < 4.78 is 43.2. The Balaban J connectivity index is 1.69. The first-order valence-corrected chi connectivity index (χ1v) is 9.75. The molecule has 0 aliphatic rings. The van der Waals surface area contributed by atoms with Crippen molar-refractivity contribution in [2.45, 2.75) is 6.18 Å². The van der Waals surface area contributed by atoms with Crippen molar-refractivity contribution in [3.05, 3.63) is 80.9 Å². The van der Waals surface area contributed by atoms with Crippen molar-refractivity contribution >= 4 is 52.4 Å². The summed E-state index contributed by atoms with van der Waals surface area (Å²) in [5.74, 6) is -0.983. The van der Waals surface area contributed by atoms with Gasteiger partial charge in [0.25, 0.3) is 5.91 Å². The molecule has 1 heterocycles. The second kappa shape index (κ2) is 9.64. The molecule has 12 heteroatoms. The number of anilines is 1. The molecule has 3 rings (SSSR count). The number of nitrogens with zero attached hydrogens (tertiary/aromatic N) is 1. The average molecular weight is 505 g/mol. The maximum atomic E-state index is 12.6. The zero-order valence-corrected chi connectivity index (χ0v) is 17.9. The van der Waals surface area contributed by atoms with Crippen molar-refractivity contribution in [3.63, 3.8) is 0 Å². The summed E-state index contributed by atoms with van der Waals surface area (Å²) in [6.45, 7) is 0. The largest absolute Gasteiger partial charge is 0.436 e. The van der Waals surface area contributed by atoms with Gasteiger partial charge in [0.1, 0.15) is 0 Å². The van der Waals surface area contributed by atoms with Crippen LogP contribution in [-0.2, 0) is 6.18 Å². The van der Waals surface area contributed by atoms with E-state index in [0.29, 0.717) is 6.20 Å². The number of ether oxygens (including phenoxy) is 1. The summed E-state index contributed by atoms with van der Waals surface area (Å²) in [7, 11) is 0. The maximum absolute atomic E-state index is 12.6. The van der Waals surface area contributed by atoms with Gasteiger partial charge in [-0.1, -0.05) is 46.9 Å². The lowest BCUT2D eigenvalue weighted by atomic mass is 10.2. The minimum absolute atomic E-state index is 0.0630. The molecule has 0 aliphatic heterocycles. The van der Waals surface area contributed by atoms with Crippen molar-refractivity contribution < 1.29 is 27.5 Å². The van der Waals surface area contributed by atoms with Gasteiger partial charge in [-0.2, -0.15) is 13.2 Å². The van der Waals surface area contributed by atoms with E-state index in [1.54, 1.807) is 12.1 Å². The fourth-order valence-electron chi connectivity index (χ4n) is 2.42. The van der Waals surface area contributed by atoms with E-state index in [4.69, 9.17) is 39.5 Å². The van der Waals surface area contributed by atoms with E-state index >= 15 is 0 Å². The fourth-order valence-corrected chi connectivity index (χ4v) is 3.21. The number of pyridine rings is 1. The lowest BCUT2D eigenvalue weighted by Gasteiger charge is -2.13. The zero-order valence-electron chi connectivity index (χ0n) is 15.6. The predicted molar refractivity (Wildman–Crippen MR) is 114 cm³/mol. The van der Waals surface area contributed by atoms with Crippen LogP contribution < -0.4 is 15.4 Å². The third-order valence-electron chi connectivity index (χ3n) is 3.87. The number of carbonyl (C=O) groups excluding carboxylic acids is 2. The molecule has 0 saturated carbocycles. The molecule has 3 aromatic rings. The second-order valence-electron chi connectivity index (χ2n) is 6.14. The van der Waals surface area contributed by atoms with Gasteiger partial charge in [0, 0.05) is 18.0 Å². The van der Waals surface area contributed by atoms with Gasteiger partial charge in [0.2, 0.25) is 5.88 Å². The van der Waals surface area contributed by atoms with Crippen LogP contribution in [0.15, 0.2) is 54.7 Å². The standard InChI is InChI=1S/C20H11Cl3F3N3O3/c21-13-4-2-1-3-12(13)18(30)29-19(31)28-11-7-14(22)17(15(23)8-11)32-16-6-5-10(9-27-16)20(24,25)26/h1-9H,(H2,28,29,30,31). The summed E-state index contributed by atoms with van der Waals surface area (Å²) in [4.78, 5) is 27.8. The Bertz CT molecular complexity index is 1150. The van der Waals surface area contributed by atoms with Crippen LogP contribution in [0.3, 0.4) is 0 Å². The van der Waals surface area contributed by atoms with Crippen molar-refractivity contribution in [1.82, 2.24) is 10.3 Å². The molecule has 0 radical (unpaired) electrons. The van der Waals surface area contributed by atoms with Crippen molar-refractivity contribution in [2.24, 2.45) is 0 Å². The number of nitrogens with one attached hydrogen (secondary N) is 2. The molecule has 3 amide bonds. The molecule has 0 unspecified atom stereocenters. The molecule has 32 heavy (non-hydrogen) atoms. The Morgan fingerprint density at radius 3 is 2.16 bits per heavy atom. The summed E-state index contributed by atoms with van der Waals surface area (Å²) in [5, 5.41) is 4.53. The van der Waals surface area contributed by atoms with Crippen molar-refractivity contribution in [3.8, 4) is 11.6 Å². The van der Waals surface area contributed by atoms with Gasteiger partial charge in [-0.05, 0) is 30.3 Å². The Morgan fingerprint density at radius 1 is 0.938 bits per heavy atom. The molecule has 0 fully saturated rings. The lowest BCUT2D eigenvalue weighted by Crippen LogP contribution is -2.34. The van der Waals surface area contributed by atoms with Crippen LogP contribution in [0.4, 0.5) is 23.7 Å². The van der Waals surface area contributed by atoms with Crippen LogP contribution in [0.5, 0.6) is 11.6 Å². The molecular formula is C20H11Cl3F3N3O3. The molecular weight excluding hydrogens is 494 g/mol. The third kappa shape index (κ3) is 5.82. The first-order valence-electron chi connectivity index (χ1n) is 8.61. The molecule has 1 aromatic heterocycles. The Labute approximate surface area is 194 Å². The molecule has 2 N–H and O–H groups in total. The summed E-state index contributed by atoms with van der Waals surface area (Å²) in [6.07, 6.45) is -3.94. The van der Waals surface area contributed by atoms with Crippen LogP contribution in [0, 0.1) is 0 Å². The number of hydrogen-bond acceptors (Lipinski definition) is 4. The smallest absolute Gasteiger partial charge is 0.417 e. The Morgan fingerprint density at radius 2 is 1.59 bits per heavy atom. The number of aromatic nitrogens is 1. The van der Waals surface area contributed by atoms with Crippen LogP contribution in [0.2, 0.25) is 15.1 Å². The first-order chi connectivity index (χ1) is 15.0. The van der Waals surface area contributed by atoms with Crippen LogP contribution >= 0.6 is 34.8 Å². The highest BCUT2D eigenvalue weighted by atomic mass is 35.5. The molecule has 0 saturated heterocycles. The number of hydrogen-bond donors (Lipinski definition) is 2. The minimum Gasteiger partial charge on any atom is -0.436 e. The Hall–Kier alpha value is -3.01. The molecule has 166 valence electrons. The van der Waals surface area contributed by atoms with Gasteiger partial charge in [0.15, 0.2) is 5.75 Å². The number of rotatable bonds is 4. The number of alkyl halides is 3. The zero-order chi connectivity index (χ0) is 23.5. The van der Waals surface area contributed by atoms with Gasteiger partial charge >= 0.3 is 12.2 Å². The molecule has 2 aromatic carbocycles. The lowest BCUT2D eigenvalue weighted by molar-refractivity contribution is -0.137. The highest BCUT2D eigenvalue weighted by Crippen LogP contribution is 2.39. The number of urea groups is 1. The molecule has 0 aliphatic carbocycles. The number of carbonyl (C=O) groups is 2. The summed E-state index contributed by atoms with van der Waals surface area (Å²) in [6, 6.07) is 9.63. The molecule has 6 nitrogen and oxygen atoms in total. The van der Waals surface area contributed by atoms with E-state index < -0.39 is 23.7 Å². The summed E-state index contributed by atoms with van der Waals surface area (Å²) in [5.41, 5.74) is -0.718. The third-order valence-corrected chi connectivity index (χ3v) is 4.76. The molecule has 0 atom stereocenters. The first kappa shape index (κ1) is 23.6. The van der Waals surface area contributed by atoms with Gasteiger partial charge in [0.05, 0.1) is 26.2 Å². The SMILES string of the molecule is O=C(NC(=O)c1ccccc1Cl)Nc1cc(Cl)c(Oc2ccc(C(F)(F)F)cn2)c(Cl)c1. The molecule has 0 bridgehead atoms.